The molecule has 22 heavy (non-hydrogen) atoms. The van der Waals surface area contributed by atoms with E-state index in [0.717, 1.165) is 28.7 Å². The second-order valence-corrected chi connectivity index (χ2v) is 5.96. The molecule has 0 bridgehead atoms. The van der Waals surface area contributed by atoms with E-state index in [1.807, 2.05) is 43.3 Å². The van der Waals surface area contributed by atoms with Crippen LogP contribution in [0.25, 0.3) is 5.57 Å². The van der Waals surface area contributed by atoms with Gasteiger partial charge in [0.2, 0.25) is 0 Å². The summed E-state index contributed by atoms with van der Waals surface area (Å²) in [7, 11) is 0. The van der Waals surface area contributed by atoms with Crippen molar-refractivity contribution in [2.75, 3.05) is 0 Å². The molecule has 2 aromatic rings. The Hall–Kier alpha value is -2.48. The van der Waals surface area contributed by atoms with Gasteiger partial charge in [-0.2, -0.15) is 0 Å². The summed E-state index contributed by atoms with van der Waals surface area (Å²) in [6.07, 6.45) is 0.821. The molecule has 0 saturated carbocycles. The first-order valence-electron chi connectivity index (χ1n) is 7.62. The predicted molar refractivity (Wildman–Crippen MR) is 86.1 cm³/mol. The monoisotopic (exact) mass is 288 g/mol. The molecule has 2 aromatic carbocycles. The Labute approximate surface area is 129 Å². The summed E-state index contributed by atoms with van der Waals surface area (Å²) in [5, 5.41) is 0. The molecular weight excluding hydrogens is 272 g/mol. The molecule has 0 unspecified atom stereocenters. The molecule has 0 aliphatic heterocycles. The zero-order valence-electron chi connectivity index (χ0n) is 12.6. The van der Waals surface area contributed by atoms with Gasteiger partial charge in [-0.3, -0.25) is 9.59 Å². The van der Waals surface area contributed by atoms with E-state index in [0.29, 0.717) is 11.1 Å². The van der Waals surface area contributed by atoms with Crippen LogP contribution in [0.5, 0.6) is 0 Å². The lowest BCUT2D eigenvalue weighted by atomic mass is 9.73. The number of fused-ring (bicyclic) bond motifs is 3. The lowest BCUT2D eigenvalue weighted by molar-refractivity contribution is 0.0829. The SMILES string of the molecule is CCC1=C(C)C2(C(=O)c3ccccc3C2=O)c2ccccc21. The second kappa shape index (κ2) is 4.26. The minimum absolute atomic E-state index is 0.0681. The molecule has 0 saturated heterocycles. The van der Waals surface area contributed by atoms with Crippen molar-refractivity contribution < 1.29 is 9.59 Å². The summed E-state index contributed by atoms with van der Waals surface area (Å²) in [5.41, 5.74) is 3.93. The number of rotatable bonds is 1. The summed E-state index contributed by atoms with van der Waals surface area (Å²) in [6.45, 7) is 4.02. The van der Waals surface area contributed by atoms with Crippen molar-refractivity contribution in [3.05, 3.63) is 76.4 Å². The number of allylic oxidation sites excluding steroid dienone is 2. The zero-order chi connectivity index (χ0) is 15.5. The van der Waals surface area contributed by atoms with E-state index < -0.39 is 5.41 Å². The Morgan fingerprint density at radius 1 is 0.818 bits per heavy atom. The summed E-state index contributed by atoms with van der Waals surface area (Å²) >= 11 is 0. The van der Waals surface area contributed by atoms with Crippen molar-refractivity contribution in [2.45, 2.75) is 25.7 Å². The molecule has 0 atom stereocenters. The van der Waals surface area contributed by atoms with Gasteiger partial charge in [0.15, 0.2) is 11.6 Å². The topological polar surface area (TPSA) is 34.1 Å². The third-order valence-electron chi connectivity index (χ3n) is 5.12. The summed E-state index contributed by atoms with van der Waals surface area (Å²) in [6, 6.07) is 15.0. The molecule has 2 heteroatoms. The molecule has 2 aliphatic rings. The maximum absolute atomic E-state index is 13.2. The molecule has 0 aromatic heterocycles. The number of hydrogen-bond donors (Lipinski definition) is 0. The van der Waals surface area contributed by atoms with Crippen LogP contribution in [-0.4, -0.2) is 11.6 Å². The van der Waals surface area contributed by atoms with Crippen LogP contribution in [0.15, 0.2) is 54.1 Å². The van der Waals surface area contributed by atoms with Gasteiger partial charge in [0.1, 0.15) is 5.41 Å². The van der Waals surface area contributed by atoms with Crippen molar-refractivity contribution in [1.29, 1.82) is 0 Å². The van der Waals surface area contributed by atoms with Gasteiger partial charge in [0.05, 0.1) is 0 Å². The van der Waals surface area contributed by atoms with Crippen LogP contribution >= 0.6 is 0 Å². The molecule has 2 nitrogen and oxygen atoms in total. The lowest BCUT2D eigenvalue weighted by Crippen LogP contribution is -2.38. The first kappa shape index (κ1) is 13.2. The van der Waals surface area contributed by atoms with Gasteiger partial charge in [0.25, 0.3) is 0 Å². The molecule has 2 aliphatic carbocycles. The molecule has 0 amide bonds. The standard InChI is InChI=1S/C20H16O2/c1-3-13-12(2)20(17-11-7-6-8-14(13)17)18(21)15-9-4-5-10-16(15)19(20)22/h4-11H,3H2,1-2H3. The van der Waals surface area contributed by atoms with Crippen molar-refractivity contribution >= 4 is 17.1 Å². The van der Waals surface area contributed by atoms with E-state index >= 15 is 0 Å². The Morgan fingerprint density at radius 2 is 1.32 bits per heavy atom. The van der Waals surface area contributed by atoms with E-state index in [9.17, 15) is 9.59 Å². The summed E-state index contributed by atoms with van der Waals surface area (Å²) in [5.74, 6) is -0.136. The molecule has 1 spiro atoms. The highest BCUT2D eigenvalue weighted by atomic mass is 16.2. The fraction of sp³-hybridized carbons (Fsp3) is 0.200. The average Bonchev–Trinajstić information content (AvgIpc) is 2.94. The van der Waals surface area contributed by atoms with Gasteiger partial charge in [0, 0.05) is 11.1 Å². The first-order valence-corrected chi connectivity index (χ1v) is 7.62. The normalized spacial score (nSPS) is 18.1. The van der Waals surface area contributed by atoms with Gasteiger partial charge in [-0.25, -0.2) is 0 Å². The number of carbonyl (C=O) groups is 2. The second-order valence-electron chi connectivity index (χ2n) is 5.96. The maximum atomic E-state index is 13.2. The number of hydrogen-bond acceptors (Lipinski definition) is 2. The molecule has 0 heterocycles. The Morgan fingerprint density at radius 3 is 1.86 bits per heavy atom. The van der Waals surface area contributed by atoms with Gasteiger partial charge in [-0.15, -0.1) is 0 Å². The number of ketones is 2. The highest BCUT2D eigenvalue weighted by molar-refractivity contribution is 6.36. The number of Topliss-reactive ketones (excluding diaryl/α,β-unsaturated/α-hetero) is 2. The van der Waals surface area contributed by atoms with Crippen LogP contribution in [0, 0.1) is 0 Å². The van der Waals surface area contributed by atoms with Crippen LogP contribution < -0.4 is 0 Å². The first-order chi connectivity index (χ1) is 10.6. The van der Waals surface area contributed by atoms with Crippen molar-refractivity contribution in [3.63, 3.8) is 0 Å². The summed E-state index contributed by atoms with van der Waals surface area (Å²) in [4.78, 5) is 26.4. The van der Waals surface area contributed by atoms with E-state index in [1.54, 1.807) is 12.1 Å². The van der Waals surface area contributed by atoms with Crippen LogP contribution in [0.1, 0.15) is 52.1 Å². The van der Waals surface area contributed by atoms with Crippen molar-refractivity contribution in [1.82, 2.24) is 0 Å². The number of carbonyl (C=O) groups excluding carboxylic acids is 2. The third kappa shape index (κ3) is 1.26. The van der Waals surface area contributed by atoms with Gasteiger partial charge >= 0.3 is 0 Å². The smallest absolute Gasteiger partial charge is 0.186 e. The predicted octanol–water partition coefficient (Wildman–Crippen LogP) is 4.20. The molecular formula is C20H16O2. The molecule has 0 radical (unpaired) electrons. The molecule has 0 N–H and O–H groups in total. The molecule has 0 fully saturated rings. The quantitative estimate of drug-likeness (QED) is 0.737. The highest BCUT2D eigenvalue weighted by Crippen LogP contribution is 2.53. The summed E-state index contributed by atoms with van der Waals surface area (Å²) < 4.78 is 0. The van der Waals surface area contributed by atoms with E-state index in [-0.39, 0.29) is 11.6 Å². The van der Waals surface area contributed by atoms with Gasteiger partial charge in [-0.05, 0) is 35.6 Å². The Bertz CT molecular complexity index is 836. The third-order valence-corrected chi connectivity index (χ3v) is 5.12. The van der Waals surface area contributed by atoms with Gasteiger partial charge < -0.3 is 0 Å². The van der Waals surface area contributed by atoms with E-state index in [2.05, 4.69) is 6.92 Å². The van der Waals surface area contributed by atoms with Crippen molar-refractivity contribution in [2.24, 2.45) is 0 Å². The number of benzene rings is 2. The minimum atomic E-state index is -1.12. The maximum Gasteiger partial charge on any atom is 0.186 e. The largest absolute Gasteiger partial charge is 0.292 e. The minimum Gasteiger partial charge on any atom is -0.292 e. The van der Waals surface area contributed by atoms with E-state index in [4.69, 9.17) is 0 Å². The van der Waals surface area contributed by atoms with E-state index in [1.165, 1.54) is 0 Å². The zero-order valence-corrected chi connectivity index (χ0v) is 12.6. The fourth-order valence-electron chi connectivity index (χ4n) is 4.13. The molecule has 108 valence electrons. The Balaban J connectivity index is 2.11. The Kier molecular flexibility index (Phi) is 2.56. The van der Waals surface area contributed by atoms with Crippen LogP contribution in [0.3, 0.4) is 0 Å². The van der Waals surface area contributed by atoms with Crippen LogP contribution in [0.2, 0.25) is 0 Å². The lowest BCUT2D eigenvalue weighted by Gasteiger charge is -2.24. The average molecular weight is 288 g/mol. The van der Waals surface area contributed by atoms with Gasteiger partial charge in [-0.1, -0.05) is 55.5 Å². The van der Waals surface area contributed by atoms with Crippen LogP contribution in [-0.2, 0) is 5.41 Å². The highest BCUT2D eigenvalue weighted by Gasteiger charge is 2.58. The fourth-order valence-corrected chi connectivity index (χ4v) is 4.13. The molecule has 4 rings (SSSR count). The van der Waals surface area contributed by atoms with Crippen LogP contribution in [0.4, 0.5) is 0 Å². The van der Waals surface area contributed by atoms with Crippen molar-refractivity contribution in [3.8, 4) is 0 Å².